The fraction of sp³-hybridized carbons (Fsp3) is 0.250. The molecule has 1 fully saturated rings. The van der Waals surface area contributed by atoms with Crippen molar-refractivity contribution in [2.75, 3.05) is 26.2 Å². The average molecular weight is 474 g/mol. The molecule has 3 N–H and O–H groups in total. The van der Waals surface area contributed by atoms with Gasteiger partial charge in [-0.15, -0.1) is 11.3 Å². The summed E-state index contributed by atoms with van der Waals surface area (Å²) in [6.07, 6.45) is 3.49. The lowest BCUT2D eigenvalue weighted by molar-refractivity contribution is 0.458. The summed E-state index contributed by atoms with van der Waals surface area (Å²) in [5, 5.41) is 15.0. The first-order chi connectivity index (χ1) is 15.4. The maximum Gasteiger partial charge on any atom is 0.279 e. The summed E-state index contributed by atoms with van der Waals surface area (Å²) >= 11 is 1.49. The first-order valence-electron chi connectivity index (χ1n) is 9.88. The van der Waals surface area contributed by atoms with Crippen LogP contribution in [0, 0.1) is 0 Å². The highest BCUT2D eigenvalue weighted by atomic mass is 32.2. The topological polar surface area (TPSA) is 124 Å². The first kappa shape index (κ1) is 22.1. The summed E-state index contributed by atoms with van der Waals surface area (Å²) < 4.78 is 29.5. The quantitative estimate of drug-likeness (QED) is 0.373. The van der Waals surface area contributed by atoms with Crippen molar-refractivity contribution in [3.8, 4) is 17.0 Å². The van der Waals surface area contributed by atoms with Gasteiger partial charge in [-0.25, -0.2) is 19.7 Å². The van der Waals surface area contributed by atoms with Gasteiger partial charge in [0.2, 0.25) is 5.96 Å². The summed E-state index contributed by atoms with van der Waals surface area (Å²) in [6.45, 7) is 7.25. The SMILES string of the molecule is C=C(NC(N=CC)=NCCN1CCNS1(=O)=O)c1c(-c2cccc(O)c2)nc2sccn12. The van der Waals surface area contributed by atoms with Crippen molar-refractivity contribution in [1.82, 2.24) is 23.7 Å². The van der Waals surface area contributed by atoms with Gasteiger partial charge >= 0.3 is 0 Å². The zero-order chi connectivity index (χ0) is 22.7. The third kappa shape index (κ3) is 4.58. The van der Waals surface area contributed by atoms with Crippen LogP contribution in [0.4, 0.5) is 0 Å². The summed E-state index contributed by atoms with van der Waals surface area (Å²) in [5.41, 5.74) is 2.66. The molecular formula is C20H23N7O3S2. The molecule has 4 rings (SSSR count). The van der Waals surface area contributed by atoms with Crippen LogP contribution in [0.1, 0.15) is 12.6 Å². The number of fused-ring (bicyclic) bond motifs is 1. The number of hydrogen-bond acceptors (Lipinski definition) is 6. The molecule has 0 saturated carbocycles. The van der Waals surface area contributed by atoms with Crippen molar-refractivity contribution in [3.05, 3.63) is 48.1 Å². The number of aromatic hydroxyl groups is 1. The molecule has 2 aromatic heterocycles. The molecule has 1 saturated heterocycles. The Balaban J connectivity index is 1.59. The molecule has 0 aliphatic carbocycles. The summed E-state index contributed by atoms with van der Waals surface area (Å²) in [4.78, 5) is 14.2. The van der Waals surface area contributed by atoms with E-state index in [0.717, 1.165) is 16.2 Å². The number of hydrogen-bond donors (Lipinski definition) is 3. The van der Waals surface area contributed by atoms with Crippen LogP contribution < -0.4 is 10.0 Å². The van der Waals surface area contributed by atoms with Gasteiger partial charge in [0, 0.05) is 43.0 Å². The molecule has 1 aromatic carbocycles. The number of phenols is 1. The molecule has 0 radical (unpaired) electrons. The lowest BCUT2D eigenvalue weighted by Crippen LogP contribution is -2.32. The predicted molar refractivity (Wildman–Crippen MR) is 127 cm³/mol. The van der Waals surface area contributed by atoms with E-state index in [2.05, 4.69) is 26.6 Å². The Morgan fingerprint density at radius 2 is 2.31 bits per heavy atom. The number of benzene rings is 1. The standard InChI is InChI=1S/C20H23N7O3S2/c1-3-21-19(22-7-9-26-10-8-23-32(26,29)30)24-14(2)18-17(15-5-4-6-16(28)13-15)25-20-27(18)11-12-31-20/h3-6,11-13,23,28H,2,7-10H2,1H3,(H,22,24). The number of phenolic OH excluding ortho intramolecular Hbond substituents is 1. The fourth-order valence-electron chi connectivity index (χ4n) is 3.37. The van der Waals surface area contributed by atoms with Crippen LogP contribution >= 0.6 is 11.3 Å². The second kappa shape index (κ2) is 9.20. The van der Waals surface area contributed by atoms with E-state index >= 15 is 0 Å². The van der Waals surface area contributed by atoms with Crippen LogP contribution in [0.5, 0.6) is 5.75 Å². The lowest BCUT2D eigenvalue weighted by atomic mass is 10.1. The van der Waals surface area contributed by atoms with E-state index in [4.69, 9.17) is 4.98 Å². The molecule has 168 valence electrons. The van der Waals surface area contributed by atoms with E-state index in [1.807, 2.05) is 22.0 Å². The minimum atomic E-state index is -3.41. The molecule has 1 aliphatic heterocycles. The Labute approximate surface area is 189 Å². The van der Waals surface area contributed by atoms with Crippen LogP contribution in [0.15, 0.2) is 52.4 Å². The highest BCUT2D eigenvalue weighted by Crippen LogP contribution is 2.31. The minimum Gasteiger partial charge on any atom is -0.508 e. The molecular weight excluding hydrogens is 450 g/mol. The smallest absolute Gasteiger partial charge is 0.279 e. The van der Waals surface area contributed by atoms with Crippen molar-refractivity contribution < 1.29 is 13.5 Å². The third-order valence-electron chi connectivity index (χ3n) is 4.78. The van der Waals surface area contributed by atoms with Gasteiger partial charge in [-0.2, -0.15) is 12.7 Å². The van der Waals surface area contributed by atoms with E-state index in [9.17, 15) is 13.5 Å². The molecule has 0 bridgehead atoms. The second-order valence-corrected chi connectivity index (χ2v) is 9.54. The van der Waals surface area contributed by atoms with Gasteiger partial charge in [0.1, 0.15) is 5.75 Å². The number of aliphatic imine (C=N–C) groups is 2. The number of aromatic nitrogens is 2. The minimum absolute atomic E-state index is 0.146. The maximum absolute atomic E-state index is 11.9. The largest absolute Gasteiger partial charge is 0.508 e. The van der Waals surface area contributed by atoms with E-state index in [0.29, 0.717) is 30.4 Å². The van der Waals surface area contributed by atoms with E-state index in [1.165, 1.54) is 15.6 Å². The number of imidazole rings is 1. The number of thiazole rings is 1. The Morgan fingerprint density at radius 3 is 3.03 bits per heavy atom. The number of guanidine groups is 1. The number of nitrogens with zero attached hydrogens (tertiary/aromatic N) is 5. The van der Waals surface area contributed by atoms with Gasteiger partial charge in [0.25, 0.3) is 10.2 Å². The molecule has 0 atom stereocenters. The molecule has 10 nitrogen and oxygen atoms in total. The fourth-order valence-corrected chi connectivity index (χ4v) is 5.27. The highest BCUT2D eigenvalue weighted by Gasteiger charge is 2.26. The molecule has 0 amide bonds. The van der Waals surface area contributed by atoms with Crippen molar-refractivity contribution in [2.45, 2.75) is 6.92 Å². The first-order valence-corrected chi connectivity index (χ1v) is 12.2. The van der Waals surface area contributed by atoms with Crippen molar-refractivity contribution in [1.29, 1.82) is 0 Å². The average Bonchev–Trinajstić information content (AvgIpc) is 3.42. The van der Waals surface area contributed by atoms with Crippen LogP contribution in [0.25, 0.3) is 21.9 Å². The van der Waals surface area contributed by atoms with Crippen molar-refractivity contribution in [2.24, 2.45) is 9.98 Å². The third-order valence-corrected chi connectivity index (χ3v) is 7.15. The summed E-state index contributed by atoms with van der Waals surface area (Å²) in [7, 11) is -3.41. The lowest BCUT2D eigenvalue weighted by Gasteiger charge is -2.13. The van der Waals surface area contributed by atoms with Crippen LogP contribution in [-0.2, 0) is 10.2 Å². The second-order valence-electron chi connectivity index (χ2n) is 6.91. The van der Waals surface area contributed by atoms with Gasteiger partial charge in [0.15, 0.2) is 4.96 Å². The van der Waals surface area contributed by atoms with Gasteiger partial charge < -0.3 is 10.4 Å². The zero-order valence-electron chi connectivity index (χ0n) is 17.4. The molecule has 3 aromatic rings. The van der Waals surface area contributed by atoms with Crippen LogP contribution in [0.3, 0.4) is 0 Å². The van der Waals surface area contributed by atoms with Crippen LogP contribution in [-0.4, -0.2) is 65.6 Å². The number of nitrogens with one attached hydrogen (secondary N) is 2. The van der Waals surface area contributed by atoms with E-state index < -0.39 is 10.2 Å². The molecule has 3 heterocycles. The molecule has 32 heavy (non-hydrogen) atoms. The maximum atomic E-state index is 11.9. The molecule has 0 unspecified atom stereocenters. The van der Waals surface area contributed by atoms with Crippen LogP contribution in [0.2, 0.25) is 0 Å². The Kier molecular flexibility index (Phi) is 6.37. The Hall–Kier alpha value is -3.06. The molecule has 12 heteroatoms. The van der Waals surface area contributed by atoms with Gasteiger partial charge in [0.05, 0.1) is 23.6 Å². The summed E-state index contributed by atoms with van der Waals surface area (Å²) in [6, 6.07) is 6.87. The normalized spacial score (nSPS) is 16.8. The van der Waals surface area contributed by atoms with E-state index in [1.54, 1.807) is 31.3 Å². The van der Waals surface area contributed by atoms with Crippen molar-refractivity contribution >= 4 is 44.4 Å². The highest BCUT2D eigenvalue weighted by molar-refractivity contribution is 7.87. The van der Waals surface area contributed by atoms with Gasteiger partial charge in [-0.3, -0.25) is 4.40 Å². The Bertz CT molecular complexity index is 1310. The zero-order valence-corrected chi connectivity index (χ0v) is 19.0. The van der Waals surface area contributed by atoms with Gasteiger partial charge in [-0.05, 0) is 19.1 Å². The molecule has 0 spiro atoms. The predicted octanol–water partition coefficient (Wildman–Crippen LogP) is 1.93. The van der Waals surface area contributed by atoms with E-state index in [-0.39, 0.29) is 18.8 Å². The summed E-state index contributed by atoms with van der Waals surface area (Å²) in [5.74, 6) is 0.460. The molecule has 1 aliphatic rings. The Morgan fingerprint density at radius 1 is 1.47 bits per heavy atom. The van der Waals surface area contributed by atoms with Gasteiger partial charge in [-0.1, -0.05) is 18.7 Å². The number of rotatable bonds is 6. The van der Waals surface area contributed by atoms with Crippen molar-refractivity contribution in [3.63, 3.8) is 0 Å². The monoisotopic (exact) mass is 473 g/mol.